The molecule has 2 rings (SSSR count). The lowest BCUT2D eigenvalue weighted by atomic mass is 10.2. The van der Waals surface area contributed by atoms with Crippen LogP contribution in [0.2, 0.25) is 0 Å². The second kappa shape index (κ2) is 5.50. The molecule has 2 atom stereocenters. The number of rotatable bonds is 4. The van der Waals surface area contributed by atoms with Gasteiger partial charge in [0.25, 0.3) is 0 Å². The molecule has 0 bridgehead atoms. The molecule has 96 valence electrons. The highest BCUT2D eigenvalue weighted by Gasteiger charge is 2.13. The van der Waals surface area contributed by atoms with Crippen molar-refractivity contribution in [1.29, 1.82) is 0 Å². The van der Waals surface area contributed by atoms with E-state index in [1.165, 1.54) is 4.88 Å². The number of anilines is 1. The van der Waals surface area contributed by atoms with E-state index in [4.69, 9.17) is 5.73 Å². The van der Waals surface area contributed by atoms with Crippen LogP contribution < -0.4 is 10.6 Å². The Bertz CT molecular complexity index is 476. The maximum Gasteiger partial charge on any atom is 0.0604 e. The number of nitrogens with zero attached hydrogens (tertiary/aromatic N) is 2. The molecular formula is C14H19N3S. The van der Waals surface area contributed by atoms with Gasteiger partial charge in [0.1, 0.15) is 0 Å². The average Bonchev–Trinajstić information content (AvgIpc) is 2.91. The summed E-state index contributed by atoms with van der Waals surface area (Å²) >= 11 is 1.78. The summed E-state index contributed by atoms with van der Waals surface area (Å²) in [6.45, 7) is 4.14. The van der Waals surface area contributed by atoms with Crippen LogP contribution in [0.25, 0.3) is 0 Å². The predicted molar refractivity (Wildman–Crippen MR) is 78.0 cm³/mol. The third kappa shape index (κ3) is 2.71. The molecule has 0 aliphatic rings. The summed E-state index contributed by atoms with van der Waals surface area (Å²) in [5, 5.41) is 2.11. The van der Waals surface area contributed by atoms with E-state index < -0.39 is 0 Å². The molecule has 2 aromatic rings. The molecule has 0 radical (unpaired) electrons. The summed E-state index contributed by atoms with van der Waals surface area (Å²) in [6, 6.07) is 8.66. The quantitative estimate of drug-likeness (QED) is 0.917. The number of aromatic nitrogens is 1. The van der Waals surface area contributed by atoms with Crippen LogP contribution in [0.15, 0.2) is 35.8 Å². The van der Waals surface area contributed by atoms with Gasteiger partial charge in [-0.05, 0) is 37.4 Å². The zero-order chi connectivity index (χ0) is 13.1. The van der Waals surface area contributed by atoms with Gasteiger partial charge >= 0.3 is 0 Å². The molecule has 2 N–H and O–H groups in total. The second-order valence-electron chi connectivity index (χ2n) is 4.53. The first-order chi connectivity index (χ1) is 8.59. The second-order valence-corrected chi connectivity index (χ2v) is 5.51. The molecule has 0 saturated heterocycles. The molecule has 0 amide bonds. The van der Waals surface area contributed by atoms with Crippen molar-refractivity contribution in [2.24, 2.45) is 5.73 Å². The van der Waals surface area contributed by atoms with Gasteiger partial charge in [-0.1, -0.05) is 6.07 Å². The topological polar surface area (TPSA) is 42.1 Å². The molecule has 0 aromatic carbocycles. The summed E-state index contributed by atoms with van der Waals surface area (Å²) < 4.78 is 0. The summed E-state index contributed by atoms with van der Waals surface area (Å²) in [7, 11) is 2.09. The highest BCUT2D eigenvalue weighted by atomic mass is 32.1. The third-order valence-corrected chi connectivity index (χ3v) is 4.22. The fourth-order valence-electron chi connectivity index (χ4n) is 1.82. The van der Waals surface area contributed by atoms with Gasteiger partial charge in [-0.2, -0.15) is 0 Å². The maximum absolute atomic E-state index is 5.80. The lowest BCUT2D eigenvalue weighted by Gasteiger charge is -2.26. The van der Waals surface area contributed by atoms with Crippen LogP contribution in [0, 0.1) is 0 Å². The van der Waals surface area contributed by atoms with E-state index in [9.17, 15) is 0 Å². The molecule has 2 heterocycles. The van der Waals surface area contributed by atoms with E-state index >= 15 is 0 Å². The van der Waals surface area contributed by atoms with Gasteiger partial charge in [0.15, 0.2) is 0 Å². The molecule has 0 aliphatic heterocycles. The van der Waals surface area contributed by atoms with Gasteiger partial charge in [-0.15, -0.1) is 11.3 Å². The van der Waals surface area contributed by atoms with Crippen molar-refractivity contribution in [3.63, 3.8) is 0 Å². The third-order valence-electron chi connectivity index (χ3n) is 3.18. The fraction of sp³-hybridized carbons (Fsp3) is 0.357. The summed E-state index contributed by atoms with van der Waals surface area (Å²) in [5.41, 5.74) is 7.84. The number of thiophene rings is 1. The smallest absolute Gasteiger partial charge is 0.0604 e. The summed E-state index contributed by atoms with van der Waals surface area (Å²) in [4.78, 5) is 7.98. The van der Waals surface area contributed by atoms with E-state index in [1.807, 2.05) is 19.2 Å². The molecule has 4 heteroatoms. The molecule has 0 saturated carbocycles. The minimum absolute atomic E-state index is 0.0147. The van der Waals surface area contributed by atoms with Crippen molar-refractivity contribution in [1.82, 2.24) is 4.98 Å². The largest absolute Gasteiger partial charge is 0.366 e. The van der Waals surface area contributed by atoms with Crippen molar-refractivity contribution in [2.45, 2.75) is 25.9 Å². The van der Waals surface area contributed by atoms with Gasteiger partial charge < -0.3 is 10.6 Å². The van der Waals surface area contributed by atoms with E-state index in [0.717, 1.165) is 11.4 Å². The monoisotopic (exact) mass is 261 g/mol. The zero-order valence-electron chi connectivity index (χ0n) is 11.0. The number of hydrogen-bond donors (Lipinski definition) is 1. The Labute approximate surface area is 112 Å². The molecule has 1 unspecified atom stereocenters. The number of hydrogen-bond acceptors (Lipinski definition) is 4. The molecule has 0 aliphatic carbocycles. The highest BCUT2D eigenvalue weighted by molar-refractivity contribution is 7.10. The fourth-order valence-corrected chi connectivity index (χ4v) is 2.65. The van der Waals surface area contributed by atoms with Crippen LogP contribution in [0.1, 0.15) is 36.5 Å². The zero-order valence-corrected chi connectivity index (χ0v) is 11.8. The normalized spacial score (nSPS) is 14.2. The van der Waals surface area contributed by atoms with Gasteiger partial charge in [0.05, 0.1) is 23.6 Å². The lowest BCUT2D eigenvalue weighted by Crippen LogP contribution is -2.21. The Hall–Kier alpha value is -1.39. The van der Waals surface area contributed by atoms with Crippen LogP contribution in [-0.2, 0) is 0 Å². The van der Waals surface area contributed by atoms with Crippen molar-refractivity contribution in [2.75, 3.05) is 11.9 Å². The lowest BCUT2D eigenvalue weighted by molar-refractivity contribution is 0.744. The Balaban J connectivity index is 2.16. The van der Waals surface area contributed by atoms with Gasteiger partial charge in [0, 0.05) is 18.0 Å². The van der Waals surface area contributed by atoms with Crippen molar-refractivity contribution < 1.29 is 0 Å². The minimum atomic E-state index is -0.0147. The van der Waals surface area contributed by atoms with Crippen LogP contribution in [0.3, 0.4) is 0 Å². The van der Waals surface area contributed by atoms with Crippen molar-refractivity contribution >= 4 is 17.0 Å². The van der Waals surface area contributed by atoms with E-state index in [-0.39, 0.29) is 6.04 Å². The van der Waals surface area contributed by atoms with Gasteiger partial charge in [0.2, 0.25) is 0 Å². The molecule has 0 fully saturated rings. The molecule has 2 aromatic heterocycles. The number of pyridine rings is 1. The maximum atomic E-state index is 5.80. The first kappa shape index (κ1) is 13.1. The molecule has 18 heavy (non-hydrogen) atoms. The summed E-state index contributed by atoms with van der Waals surface area (Å²) in [5.74, 6) is 0. The van der Waals surface area contributed by atoms with Crippen molar-refractivity contribution in [3.8, 4) is 0 Å². The Morgan fingerprint density at radius 1 is 1.28 bits per heavy atom. The van der Waals surface area contributed by atoms with E-state index in [1.54, 1.807) is 11.3 Å². The van der Waals surface area contributed by atoms with E-state index in [2.05, 4.69) is 47.4 Å². The van der Waals surface area contributed by atoms with Gasteiger partial charge in [-0.25, -0.2) is 0 Å². The SMILES string of the molecule is CC(c1cccs1)N(C)c1ccc([C@@H](C)N)nc1. The Morgan fingerprint density at radius 2 is 2.06 bits per heavy atom. The molecular weight excluding hydrogens is 242 g/mol. The van der Waals surface area contributed by atoms with Crippen LogP contribution in [0.4, 0.5) is 5.69 Å². The predicted octanol–water partition coefficient (Wildman–Crippen LogP) is 3.36. The standard InChI is InChI=1S/C14H19N3S/c1-10(15)13-7-6-12(9-16-13)17(3)11(2)14-5-4-8-18-14/h4-11H,15H2,1-3H3/t10-,11?/m1/s1. The Morgan fingerprint density at radius 3 is 2.56 bits per heavy atom. The van der Waals surface area contributed by atoms with E-state index in [0.29, 0.717) is 6.04 Å². The Kier molecular flexibility index (Phi) is 3.99. The summed E-state index contributed by atoms with van der Waals surface area (Å²) in [6.07, 6.45) is 1.89. The van der Waals surface area contributed by atoms with Crippen LogP contribution in [-0.4, -0.2) is 12.0 Å². The first-order valence-corrected chi connectivity index (χ1v) is 6.95. The van der Waals surface area contributed by atoms with Gasteiger partial charge in [-0.3, -0.25) is 4.98 Å². The molecule has 3 nitrogen and oxygen atoms in total. The molecule has 0 spiro atoms. The average molecular weight is 261 g/mol. The minimum Gasteiger partial charge on any atom is -0.366 e. The van der Waals surface area contributed by atoms with Crippen molar-refractivity contribution in [3.05, 3.63) is 46.4 Å². The number of nitrogens with two attached hydrogens (primary N) is 1. The first-order valence-electron chi connectivity index (χ1n) is 6.07. The van der Waals surface area contributed by atoms with Crippen LogP contribution >= 0.6 is 11.3 Å². The highest BCUT2D eigenvalue weighted by Crippen LogP contribution is 2.27. The van der Waals surface area contributed by atoms with Crippen LogP contribution in [0.5, 0.6) is 0 Å².